The summed E-state index contributed by atoms with van der Waals surface area (Å²) in [6, 6.07) is 0.0421. The Hall–Kier alpha value is -0.810. The molecule has 28 heavy (non-hydrogen) atoms. The van der Waals surface area contributed by atoms with Crippen LogP contribution in [0.3, 0.4) is 0 Å². The van der Waals surface area contributed by atoms with Gasteiger partial charge in [-0.05, 0) is 33.6 Å². The molecule has 0 saturated carbocycles. The fourth-order valence-corrected chi connectivity index (χ4v) is 2.77. The van der Waals surface area contributed by atoms with Gasteiger partial charge in [-0.1, -0.05) is 19.8 Å². The van der Waals surface area contributed by atoms with E-state index < -0.39 is 11.7 Å². The maximum absolute atomic E-state index is 11.8. The molecule has 1 aliphatic heterocycles. The number of unbranched alkanes of at least 4 members (excludes halogenated alkanes) is 1. The minimum absolute atomic E-state index is 0. The van der Waals surface area contributed by atoms with E-state index in [1.54, 1.807) is 0 Å². The van der Waals surface area contributed by atoms with Crippen molar-refractivity contribution in [1.29, 1.82) is 0 Å². The molecule has 0 aromatic heterocycles. The average molecular weight is 513 g/mol. The minimum atomic E-state index is -0.503. The molecule has 9 heteroatoms. The van der Waals surface area contributed by atoms with Gasteiger partial charge in [0.1, 0.15) is 5.60 Å². The Kier molecular flexibility index (Phi) is 14.6. The maximum Gasteiger partial charge on any atom is 0.407 e. The molecule has 4 N–H and O–H groups in total. The highest BCUT2D eigenvalue weighted by Crippen LogP contribution is 2.07. The van der Waals surface area contributed by atoms with Gasteiger partial charge in [0.05, 0.1) is 13.2 Å². The Morgan fingerprint density at radius 3 is 2.57 bits per heavy atom. The van der Waals surface area contributed by atoms with Crippen molar-refractivity contribution in [2.45, 2.75) is 65.0 Å². The Morgan fingerprint density at radius 2 is 1.96 bits per heavy atom. The van der Waals surface area contributed by atoms with Gasteiger partial charge in [0.25, 0.3) is 0 Å². The van der Waals surface area contributed by atoms with Crippen LogP contribution in [0, 0.1) is 0 Å². The van der Waals surface area contributed by atoms with E-state index in [0.717, 1.165) is 58.5 Å². The van der Waals surface area contributed by atoms with Gasteiger partial charge in [0.15, 0.2) is 5.96 Å². The average Bonchev–Trinajstić information content (AvgIpc) is 2.60. The Bertz CT molecular complexity index is 451. The number of halogens is 1. The van der Waals surface area contributed by atoms with E-state index in [2.05, 4.69) is 27.4 Å². The van der Waals surface area contributed by atoms with E-state index in [4.69, 9.17) is 15.2 Å². The molecule has 1 aliphatic rings. The van der Waals surface area contributed by atoms with Gasteiger partial charge >= 0.3 is 6.09 Å². The summed E-state index contributed by atoms with van der Waals surface area (Å²) in [6.07, 6.45) is 3.61. The molecule has 0 bridgehead atoms. The Morgan fingerprint density at radius 1 is 1.29 bits per heavy atom. The van der Waals surface area contributed by atoms with Crippen molar-refractivity contribution in [1.82, 2.24) is 15.5 Å². The monoisotopic (exact) mass is 513 g/mol. The molecular weight excluding hydrogens is 473 g/mol. The first-order valence-corrected chi connectivity index (χ1v) is 10.1. The van der Waals surface area contributed by atoms with Crippen LogP contribution >= 0.6 is 24.0 Å². The van der Waals surface area contributed by atoms with Crippen LogP contribution in [0.1, 0.15) is 53.4 Å². The highest BCUT2D eigenvalue weighted by molar-refractivity contribution is 14.0. The normalized spacial score (nSPS) is 16.8. The van der Waals surface area contributed by atoms with Crippen molar-refractivity contribution >= 4 is 36.0 Å². The second-order valence-electron chi connectivity index (χ2n) is 7.94. The third-order valence-electron chi connectivity index (χ3n) is 4.17. The standard InChI is InChI=1S/C19H39N5O3.HI/c1-5-6-8-16(15-22-18(25)27-19(2,3)4)23-17(20)21-9-7-10-24-11-13-26-14-12-24;/h16H,5-15H2,1-4H3,(H,22,25)(H3,20,21,23);1H. The molecule has 0 radical (unpaired) electrons. The molecule has 1 rings (SSSR count). The number of hydrogen-bond donors (Lipinski definition) is 3. The molecule has 0 aliphatic carbocycles. The first kappa shape index (κ1) is 27.2. The van der Waals surface area contributed by atoms with Gasteiger partial charge in [-0.25, -0.2) is 4.79 Å². The van der Waals surface area contributed by atoms with E-state index in [-0.39, 0.29) is 30.0 Å². The second kappa shape index (κ2) is 15.1. The topological polar surface area (TPSA) is 101 Å². The van der Waals surface area contributed by atoms with E-state index >= 15 is 0 Å². The molecule has 1 heterocycles. The molecule has 1 atom stereocenters. The molecule has 8 nitrogen and oxygen atoms in total. The molecule has 0 aromatic carbocycles. The predicted molar refractivity (Wildman–Crippen MR) is 124 cm³/mol. The van der Waals surface area contributed by atoms with Crippen molar-refractivity contribution in [2.24, 2.45) is 10.7 Å². The number of nitrogens with zero attached hydrogens (tertiary/aromatic N) is 2. The summed E-state index contributed by atoms with van der Waals surface area (Å²) in [5.74, 6) is 0.434. The zero-order chi connectivity index (χ0) is 20.1. The number of rotatable bonds is 10. The van der Waals surface area contributed by atoms with E-state index in [1.165, 1.54) is 0 Å². The summed E-state index contributed by atoms with van der Waals surface area (Å²) >= 11 is 0. The summed E-state index contributed by atoms with van der Waals surface area (Å²) in [5, 5.41) is 6.04. The molecule has 0 aromatic rings. The quantitative estimate of drug-likeness (QED) is 0.180. The molecule has 1 unspecified atom stereocenters. The smallest absolute Gasteiger partial charge is 0.407 e. The minimum Gasteiger partial charge on any atom is -0.444 e. The van der Waals surface area contributed by atoms with Gasteiger partial charge in [0, 0.05) is 38.8 Å². The number of morpholine rings is 1. The van der Waals surface area contributed by atoms with E-state index in [1.807, 2.05) is 20.8 Å². The number of amides is 1. The predicted octanol–water partition coefficient (Wildman–Crippen LogP) is 2.31. The van der Waals surface area contributed by atoms with Gasteiger partial charge in [0.2, 0.25) is 0 Å². The van der Waals surface area contributed by atoms with Crippen LogP contribution in [0.25, 0.3) is 0 Å². The van der Waals surface area contributed by atoms with Crippen molar-refractivity contribution in [2.75, 3.05) is 45.9 Å². The summed E-state index contributed by atoms with van der Waals surface area (Å²) in [6.45, 7) is 13.5. The zero-order valence-corrected chi connectivity index (χ0v) is 20.3. The molecule has 1 saturated heterocycles. The lowest BCUT2D eigenvalue weighted by Crippen LogP contribution is -2.47. The summed E-state index contributed by atoms with van der Waals surface area (Å²) in [4.78, 5) is 18.7. The van der Waals surface area contributed by atoms with Crippen LogP contribution in [0.2, 0.25) is 0 Å². The largest absolute Gasteiger partial charge is 0.444 e. The van der Waals surface area contributed by atoms with Crippen LogP contribution in [0.15, 0.2) is 4.99 Å². The SMILES string of the molecule is CCCCC(CNC(=O)OC(C)(C)C)NC(N)=NCCCN1CCOCC1.I. The van der Waals surface area contributed by atoms with Gasteiger partial charge < -0.3 is 25.8 Å². The number of carbonyl (C=O) groups excluding carboxylic acids is 1. The lowest BCUT2D eigenvalue weighted by atomic mass is 10.1. The Labute approximate surface area is 187 Å². The number of ether oxygens (including phenoxy) is 2. The van der Waals surface area contributed by atoms with Crippen LogP contribution < -0.4 is 16.4 Å². The van der Waals surface area contributed by atoms with Gasteiger partial charge in [-0.3, -0.25) is 9.89 Å². The number of alkyl carbamates (subject to hydrolysis) is 1. The fraction of sp³-hybridized carbons (Fsp3) is 0.895. The number of hydrogen-bond acceptors (Lipinski definition) is 5. The van der Waals surface area contributed by atoms with Crippen LogP contribution in [-0.4, -0.2) is 74.5 Å². The van der Waals surface area contributed by atoms with E-state index in [9.17, 15) is 4.79 Å². The van der Waals surface area contributed by atoms with Crippen molar-refractivity contribution in [3.63, 3.8) is 0 Å². The third kappa shape index (κ3) is 14.2. The highest BCUT2D eigenvalue weighted by atomic mass is 127. The van der Waals surface area contributed by atoms with Gasteiger partial charge in [-0.15, -0.1) is 24.0 Å². The number of guanidine groups is 1. The fourth-order valence-electron chi connectivity index (χ4n) is 2.77. The third-order valence-corrected chi connectivity index (χ3v) is 4.17. The maximum atomic E-state index is 11.8. The van der Waals surface area contributed by atoms with Crippen LogP contribution in [0.5, 0.6) is 0 Å². The van der Waals surface area contributed by atoms with Crippen LogP contribution in [-0.2, 0) is 9.47 Å². The molecule has 1 fully saturated rings. The number of aliphatic imine (C=N–C) groups is 1. The van der Waals surface area contributed by atoms with E-state index in [0.29, 0.717) is 19.0 Å². The summed E-state index contributed by atoms with van der Waals surface area (Å²) < 4.78 is 10.6. The van der Waals surface area contributed by atoms with Crippen LogP contribution in [0.4, 0.5) is 4.79 Å². The molecule has 0 spiro atoms. The first-order chi connectivity index (χ1) is 12.8. The molecule has 166 valence electrons. The van der Waals surface area contributed by atoms with Crippen molar-refractivity contribution in [3.8, 4) is 0 Å². The summed E-state index contributed by atoms with van der Waals surface area (Å²) in [5.41, 5.74) is 5.53. The van der Waals surface area contributed by atoms with Gasteiger partial charge in [-0.2, -0.15) is 0 Å². The second-order valence-corrected chi connectivity index (χ2v) is 7.94. The number of nitrogens with one attached hydrogen (secondary N) is 2. The number of nitrogens with two attached hydrogens (primary N) is 1. The van der Waals surface area contributed by atoms with Crippen molar-refractivity contribution in [3.05, 3.63) is 0 Å². The number of carbonyl (C=O) groups is 1. The molecule has 1 amide bonds. The lowest BCUT2D eigenvalue weighted by molar-refractivity contribution is 0.0377. The lowest BCUT2D eigenvalue weighted by Gasteiger charge is -2.26. The first-order valence-electron chi connectivity index (χ1n) is 10.1. The molecular formula is C19H40IN5O3. The summed E-state index contributed by atoms with van der Waals surface area (Å²) in [7, 11) is 0. The zero-order valence-electron chi connectivity index (χ0n) is 18.0. The highest BCUT2D eigenvalue weighted by Gasteiger charge is 2.17. The van der Waals surface area contributed by atoms with Crippen molar-refractivity contribution < 1.29 is 14.3 Å². The Balaban J connectivity index is 0.00000729.